The van der Waals surface area contributed by atoms with Crippen LogP contribution in [0, 0.1) is 0 Å². The van der Waals surface area contributed by atoms with Gasteiger partial charge in [-0.15, -0.1) is 0 Å². The van der Waals surface area contributed by atoms with Gasteiger partial charge in [-0.1, -0.05) is 23.2 Å². The van der Waals surface area contributed by atoms with E-state index in [0.717, 1.165) is 0 Å². The summed E-state index contributed by atoms with van der Waals surface area (Å²) >= 11 is 11.4. The monoisotopic (exact) mass is 255 g/mol. The van der Waals surface area contributed by atoms with Crippen molar-refractivity contribution in [3.8, 4) is 0 Å². The van der Waals surface area contributed by atoms with Crippen molar-refractivity contribution in [1.29, 1.82) is 0 Å². The normalized spacial score (nSPS) is 11.6. The van der Waals surface area contributed by atoms with E-state index in [1.54, 1.807) is 12.1 Å². The van der Waals surface area contributed by atoms with Gasteiger partial charge in [0.25, 0.3) is 0 Å². The largest absolute Gasteiger partial charge is 0.333 e. The van der Waals surface area contributed by atoms with Crippen LogP contribution < -0.4 is 5.14 Å². The summed E-state index contributed by atoms with van der Waals surface area (Å²) in [6.07, 6.45) is 0. The van der Waals surface area contributed by atoms with Gasteiger partial charge in [-0.05, 0) is 23.8 Å². The van der Waals surface area contributed by atoms with Crippen LogP contribution in [0.3, 0.4) is 0 Å². The van der Waals surface area contributed by atoms with E-state index in [-0.39, 0.29) is 6.61 Å². The molecule has 0 heterocycles. The molecule has 0 aliphatic carbocycles. The van der Waals surface area contributed by atoms with E-state index in [4.69, 9.17) is 23.2 Å². The highest BCUT2D eigenvalue weighted by Gasteiger charge is 2.06. The molecule has 0 saturated heterocycles. The quantitative estimate of drug-likeness (QED) is 0.894. The highest BCUT2D eigenvalue weighted by molar-refractivity contribution is 7.84. The second kappa shape index (κ2) is 4.46. The highest BCUT2D eigenvalue weighted by Crippen LogP contribution is 2.21. The maximum atomic E-state index is 10.5. The number of rotatable bonds is 3. The molecule has 0 atom stereocenters. The third kappa shape index (κ3) is 3.81. The molecule has 0 amide bonds. The summed E-state index contributed by atoms with van der Waals surface area (Å²) in [5, 5.41) is 5.47. The minimum atomic E-state index is -3.95. The van der Waals surface area contributed by atoms with Crippen molar-refractivity contribution in [2.24, 2.45) is 5.14 Å². The SMILES string of the molecule is NS(=O)(=O)OCc1cc(Cl)ccc1Cl. The molecular formula is C7H7Cl2NO3S. The van der Waals surface area contributed by atoms with Crippen LogP contribution in [0.25, 0.3) is 0 Å². The molecule has 1 aromatic rings. The average molecular weight is 256 g/mol. The summed E-state index contributed by atoms with van der Waals surface area (Å²) in [5.41, 5.74) is 0.466. The van der Waals surface area contributed by atoms with Gasteiger partial charge in [-0.25, -0.2) is 5.14 Å². The average Bonchev–Trinajstić information content (AvgIpc) is 2.05. The Bertz CT molecular complexity index is 433. The molecule has 0 saturated carbocycles. The minimum Gasteiger partial charge on any atom is -0.253 e. The number of hydrogen-bond acceptors (Lipinski definition) is 3. The smallest absolute Gasteiger partial charge is 0.253 e. The van der Waals surface area contributed by atoms with Gasteiger partial charge in [-0.2, -0.15) is 8.42 Å². The molecule has 0 aliphatic rings. The molecule has 7 heteroatoms. The standard InChI is InChI=1S/C7H7Cl2NO3S/c8-6-1-2-7(9)5(3-6)4-13-14(10,11)12/h1-3H,4H2,(H2,10,11,12). The Morgan fingerprint density at radius 2 is 2.00 bits per heavy atom. The first-order valence-corrected chi connectivity index (χ1v) is 5.72. The summed E-state index contributed by atoms with van der Waals surface area (Å²) < 4.78 is 25.3. The van der Waals surface area contributed by atoms with Crippen molar-refractivity contribution in [3.63, 3.8) is 0 Å². The zero-order valence-electron chi connectivity index (χ0n) is 6.91. The lowest BCUT2D eigenvalue weighted by Crippen LogP contribution is -2.15. The molecule has 2 N–H and O–H groups in total. The molecule has 0 spiro atoms. The van der Waals surface area contributed by atoms with E-state index in [1.165, 1.54) is 6.07 Å². The molecule has 1 aromatic carbocycles. The van der Waals surface area contributed by atoms with Crippen LogP contribution in [-0.4, -0.2) is 8.42 Å². The fourth-order valence-corrected chi connectivity index (χ4v) is 1.46. The predicted molar refractivity (Wildman–Crippen MR) is 54.4 cm³/mol. The first-order valence-electron chi connectivity index (χ1n) is 3.49. The number of benzene rings is 1. The summed E-state index contributed by atoms with van der Waals surface area (Å²) in [4.78, 5) is 0. The molecule has 14 heavy (non-hydrogen) atoms. The molecule has 0 unspecified atom stereocenters. The van der Waals surface area contributed by atoms with Gasteiger partial charge in [0, 0.05) is 10.0 Å². The fourth-order valence-electron chi connectivity index (χ4n) is 0.800. The number of nitrogens with two attached hydrogens (primary N) is 1. The van der Waals surface area contributed by atoms with Gasteiger partial charge in [0.1, 0.15) is 0 Å². The third-order valence-corrected chi connectivity index (χ3v) is 2.44. The van der Waals surface area contributed by atoms with Crippen LogP contribution in [0.1, 0.15) is 5.56 Å². The van der Waals surface area contributed by atoms with Crippen molar-refractivity contribution in [2.45, 2.75) is 6.61 Å². The van der Waals surface area contributed by atoms with Gasteiger partial charge < -0.3 is 0 Å². The topological polar surface area (TPSA) is 69.4 Å². The number of halogens is 2. The maximum absolute atomic E-state index is 10.5. The van der Waals surface area contributed by atoms with E-state index < -0.39 is 10.3 Å². The molecule has 0 aromatic heterocycles. The van der Waals surface area contributed by atoms with Crippen molar-refractivity contribution >= 4 is 33.5 Å². The molecule has 4 nitrogen and oxygen atoms in total. The Hall–Kier alpha value is -0.330. The lowest BCUT2D eigenvalue weighted by Gasteiger charge is -2.03. The van der Waals surface area contributed by atoms with E-state index in [1.807, 2.05) is 0 Å². The Kier molecular flexibility index (Phi) is 3.74. The van der Waals surface area contributed by atoms with Crippen molar-refractivity contribution in [2.75, 3.05) is 0 Å². The van der Waals surface area contributed by atoms with Gasteiger partial charge in [0.15, 0.2) is 0 Å². The Labute approximate surface area is 91.8 Å². The lowest BCUT2D eigenvalue weighted by molar-refractivity contribution is 0.308. The highest BCUT2D eigenvalue weighted by atomic mass is 35.5. The summed E-state index contributed by atoms with van der Waals surface area (Å²) in [6.45, 7) is -0.224. The van der Waals surface area contributed by atoms with E-state index in [2.05, 4.69) is 9.32 Å². The molecule has 0 bridgehead atoms. The molecule has 78 valence electrons. The minimum absolute atomic E-state index is 0.224. The van der Waals surface area contributed by atoms with Crippen LogP contribution in [0.2, 0.25) is 10.0 Å². The fraction of sp³-hybridized carbons (Fsp3) is 0.143. The lowest BCUT2D eigenvalue weighted by atomic mass is 10.2. The number of hydrogen-bond donors (Lipinski definition) is 1. The van der Waals surface area contributed by atoms with Crippen LogP contribution in [0.5, 0.6) is 0 Å². The molecule has 0 aliphatic heterocycles. The second-order valence-corrected chi connectivity index (χ2v) is 4.56. The Morgan fingerprint density at radius 1 is 1.36 bits per heavy atom. The third-order valence-electron chi connectivity index (χ3n) is 1.39. The zero-order valence-corrected chi connectivity index (χ0v) is 9.23. The predicted octanol–water partition coefficient (Wildman–Crippen LogP) is 1.71. The maximum Gasteiger partial charge on any atom is 0.333 e. The summed E-state index contributed by atoms with van der Waals surface area (Å²) in [7, 11) is -3.95. The van der Waals surface area contributed by atoms with E-state index >= 15 is 0 Å². The van der Waals surface area contributed by atoms with Crippen LogP contribution >= 0.6 is 23.2 Å². The van der Waals surface area contributed by atoms with Crippen molar-refractivity contribution in [1.82, 2.24) is 0 Å². The van der Waals surface area contributed by atoms with Crippen LogP contribution in [0.4, 0.5) is 0 Å². The van der Waals surface area contributed by atoms with Gasteiger partial charge in [-0.3, -0.25) is 4.18 Å². The van der Waals surface area contributed by atoms with Crippen LogP contribution in [0.15, 0.2) is 18.2 Å². The summed E-state index contributed by atoms with van der Waals surface area (Å²) in [5.74, 6) is 0. The first-order chi connectivity index (χ1) is 6.38. The van der Waals surface area contributed by atoms with E-state index in [0.29, 0.717) is 15.6 Å². The van der Waals surface area contributed by atoms with Crippen molar-refractivity contribution < 1.29 is 12.6 Å². The summed E-state index contributed by atoms with van der Waals surface area (Å²) in [6, 6.07) is 4.64. The first kappa shape index (κ1) is 11.7. The molecule has 1 rings (SSSR count). The van der Waals surface area contributed by atoms with E-state index in [9.17, 15) is 8.42 Å². The van der Waals surface area contributed by atoms with Gasteiger partial charge in [0.05, 0.1) is 6.61 Å². The van der Waals surface area contributed by atoms with Crippen molar-refractivity contribution in [3.05, 3.63) is 33.8 Å². The molecule has 0 fully saturated rings. The second-order valence-electron chi connectivity index (χ2n) is 2.49. The zero-order chi connectivity index (χ0) is 10.8. The molecule has 0 radical (unpaired) electrons. The molecular weight excluding hydrogens is 249 g/mol. The van der Waals surface area contributed by atoms with Crippen LogP contribution in [-0.2, 0) is 21.1 Å². The van der Waals surface area contributed by atoms with Gasteiger partial charge in [0.2, 0.25) is 0 Å². The Morgan fingerprint density at radius 3 is 2.57 bits per heavy atom. The Balaban J connectivity index is 2.81. The van der Waals surface area contributed by atoms with Gasteiger partial charge >= 0.3 is 10.3 Å².